The zero-order valence-electron chi connectivity index (χ0n) is 16.3. The van der Waals surface area contributed by atoms with Crippen molar-refractivity contribution in [3.05, 3.63) is 45.6 Å². The molecule has 0 bridgehead atoms. The highest BCUT2D eigenvalue weighted by Gasteiger charge is 2.31. The maximum Gasteiger partial charge on any atom is 0.321 e. The van der Waals surface area contributed by atoms with Crippen molar-refractivity contribution in [2.75, 3.05) is 34.4 Å². The van der Waals surface area contributed by atoms with Gasteiger partial charge in [0.05, 0.1) is 20.3 Å². The lowest BCUT2D eigenvalue weighted by Gasteiger charge is -2.37. The number of urea groups is 1. The molecule has 1 aromatic carbocycles. The van der Waals surface area contributed by atoms with Crippen LogP contribution in [0.2, 0.25) is 0 Å². The molecule has 3 rings (SSSR count). The van der Waals surface area contributed by atoms with Crippen LogP contribution >= 0.6 is 11.3 Å². The number of nitrogens with zero attached hydrogens (tertiary/aromatic N) is 1. The van der Waals surface area contributed by atoms with Crippen LogP contribution in [0.1, 0.15) is 28.5 Å². The Hall–Kier alpha value is -2.58. The van der Waals surface area contributed by atoms with Crippen molar-refractivity contribution in [1.29, 1.82) is 0 Å². The molecule has 150 valence electrons. The van der Waals surface area contributed by atoms with E-state index in [1.165, 1.54) is 17.5 Å². The predicted octanol–water partition coefficient (Wildman–Crippen LogP) is 2.56. The summed E-state index contributed by atoms with van der Waals surface area (Å²) in [6.45, 7) is 1.37. The normalized spacial score (nSPS) is 16.2. The molecule has 0 saturated heterocycles. The first kappa shape index (κ1) is 20.2. The third-order valence-corrected chi connectivity index (χ3v) is 5.82. The Morgan fingerprint density at radius 2 is 2.00 bits per heavy atom. The lowest BCUT2D eigenvalue weighted by molar-refractivity contribution is -0.120. The molecule has 8 heteroatoms. The van der Waals surface area contributed by atoms with Gasteiger partial charge in [0, 0.05) is 31.4 Å². The number of thiophene rings is 1. The molecular weight excluding hydrogens is 378 g/mol. The molecule has 28 heavy (non-hydrogen) atoms. The number of carbonyl (C=O) groups is 2. The summed E-state index contributed by atoms with van der Waals surface area (Å²) in [7, 11) is 4.76. The van der Waals surface area contributed by atoms with Gasteiger partial charge in [-0.2, -0.15) is 0 Å². The van der Waals surface area contributed by atoms with E-state index in [9.17, 15) is 9.59 Å². The summed E-state index contributed by atoms with van der Waals surface area (Å²) in [6, 6.07) is 7.78. The van der Waals surface area contributed by atoms with Gasteiger partial charge in [0.15, 0.2) is 11.5 Å². The number of benzene rings is 1. The fraction of sp³-hybridized carbons (Fsp3) is 0.400. The van der Waals surface area contributed by atoms with Crippen molar-refractivity contribution in [2.24, 2.45) is 0 Å². The molecule has 0 aliphatic carbocycles. The first-order valence-corrected chi connectivity index (χ1v) is 9.99. The predicted molar refractivity (Wildman–Crippen MR) is 108 cm³/mol. The summed E-state index contributed by atoms with van der Waals surface area (Å²) in [4.78, 5) is 26.9. The van der Waals surface area contributed by atoms with Gasteiger partial charge in [-0.15, -0.1) is 11.3 Å². The van der Waals surface area contributed by atoms with Crippen molar-refractivity contribution >= 4 is 23.3 Å². The van der Waals surface area contributed by atoms with Gasteiger partial charge in [0.1, 0.15) is 0 Å². The van der Waals surface area contributed by atoms with Gasteiger partial charge in [-0.25, -0.2) is 4.79 Å². The van der Waals surface area contributed by atoms with Crippen LogP contribution < -0.4 is 20.1 Å². The fourth-order valence-electron chi connectivity index (χ4n) is 3.52. The van der Waals surface area contributed by atoms with Crippen molar-refractivity contribution in [3.8, 4) is 11.5 Å². The van der Waals surface area contributed by atoms with Crippen LogP contribution in [-0.4, -0.2) is 51.2 Å². The SMILES string of the molecule is CNC(=O)NC(=O)CCN1CCc2cc(OC)c(OC)cc2[C@@H]1c1cccs1. The van der Waals surface area contributed by atoms with E-state index < -0.39 is 6.03 Å². The topological polar surface area (TPSA) is 79.9 Å². The Morgan fingerprint density at radius 1 is 1.25 bits per heavy atom. The van der Waals surface area contributed by atoms with Crippen molar-refractivity contribution in [1.82, 2.24) is 15.5 Å². The summed E-state index contributed by atoms with van der Waals surface area (Å²) in [6.07, 6.45) is 1.10. The van der Waals surface area contributed by atoms with Crippen LogP contribution in [0, 0.1) is 0 Å². The zero-order chi connectivity index (χ0) is 20.1. The van der Waals surface area contributed by atoms with Crippen LogP contribution in [0.5, 0.6) is 11.5 Å². The number of hydrogen-bond acceptors (Lipinski definition) is 6. The number of methoxy groups -OCH3 is 2. The number of imide groups is 1. The molecule has 0 fully saturated rings. The first-order chi connectivity index (χ1) is 13.6. The summed E-state index contributed by atoms with van der Waals surface area (Å²) < 4.78 is 11.0. The second kappa shape index (κ2) is 9.07. The highest BCUT2D eigenvalue weighted by molar-refractivity contribution is 7.10. The van der Waals surface area contributed by atoms with Gasteiger partial charge in [0.2, 0.25) is 5.91 Å². The van der Waals surface area contributed by atoms with Crippen LogP contribution in [0.25, 0.3) is 0 Å². The second-order valence-corrected chi connectivity index (χ2v) is 7.47. The molecule has 0 radical (unpaired) electrons. The minimum absolute atomic E-state index is 0.0383. The highest BCUT2D eigenvalue weighted by atomic mass is 32.1. The van der Waals surface area contributed by atoms with Crippen molar-refractivity contribution < 1.29 is 19.1 Å². The molecule has 1 aliphatic rings. The van der Waals surface area contributed by atoms with Gasteiger partial charge in [-0.05, 0) is 41.1 Å². The second-order valence-electron chi connectivity index (χ2n) is 6.49. The van der Waals surface area contributed by atoms with Crippen molar-refractivity contribution in [2.45, 2.75) is 18.9 Å². The van der Waals surface area contributed by atoms with Gasteiger partial charge >= 0.3 is 6.03 Å². The molecule has 7 nitrogen and oxygen atoms in total. The van der Waals surface area contributed by atoms with E-state index in [1.807, 2.05) is 18.2 Å². The summed E-state index contributed by atoms with van der Waals surface area (Å²) in [5.74, 6) is 1.13. The Balaban J connectivity index is 1.87. The molecule has 2 aromatic rings. The monoisotopic (exact) mass is 403 g/mol. The van der Waals surface area contributed by atoms with E-state index in [4.69, 9.17) is 9.47 Å². The average Bonchev–Trinajstić information content (AvgIpc) is 3.24. The van der Waals surface area contributed by atoms with Gasteiger partial charge < -0.3 is 14.8 Å². The number of amides is 3. The molecule has 0 unspecified atom stereocenters. The Labute approximate surface area is 168 Å². The number of rotatable bonds is 6. The highest BCUT2D eigenvalue weighted by Crippen LogP contribution is 2.42. The van der Waals surface area contributed by atoms with E-state index >= 15 is 0 Å². The molecular formula is C20H25N3O4S. The average molecular weight is 404 g/mol. The van der Waals surface area contributed by atoms with Crippen LogP contribution in [0.4, 0.5) is 4.79 Å². The summed E-state index contributed by atoms with van der Waals surface area (Å²) in [5, 5.41) is 6.77. The molecule has 0 spiro atoms. The number of hydrogen-bond donors (Lipinski definition) is 2. The Kier molecular flexibility index (Phi) is 6.53. The van der Waals surface area contributed by atoms with Gasteiger partial charge in [-0.1, -0.05) is 6.07 Å². The zero-order valence-corrected chi connectivity index (χ0v) is 17.1. The number of carbonyl (C=O) groups excluding carboxylic acids is 2. The van der Waals surface area contributed by atoms with E-state index in [0.717, 1.165) is 24.3 Å². The smallest absolute Gasteiger partial charge is 0.321 e. The summed E-state index contributed by atoms with van der Waals surface area (Å²) >= 11 is 1.69. The van der Waals surface area contributed by atoms with E-state index in [1.54, 1.807) is 25.6 Å². The van der Waals surface area contributed by atoms with Crippen molar-refractivity contribution in [3.63, 3.8) is 0 Å². The maximum absolute atomic E-state index is 12.0. The fourth-order valence-corrected chi connectivity index (χ4v) is 4.39. The standard InChI is InChI=1S/C20H25N3O4S/c1-21-20(25)22-18(24)7-9-23-8-6-13-11-15(26-2)16(27-3)12-14(13)19(23)17-5-4-10-28-17/h4-5,10-12,19H,6-9H2,1-3H3,(H2,21,22,24,25)/t19-/m1/s1. The van der Waals surface area contributed by atoms with Crippen LogP contribution in [-0.2, 0) is 11.2 Å². The minimum Gasteiger partial charge on any atom is -0.493 e. The molecule has 3 amide bonds. The molecule has 1 aromatic heterocycles. The number of ether oxygens (including phenoxy) is 2. The maximum atomic E-state index is 12.0. The first-order valence-electron chi connectivity index (χ1n) is 9.11. The molecule has 2 N–H and O–H groups in total. The van der Waals surface area contributed by atoms with Crippen LogP contribution in [0.3, 0.4) is 0 Å². The molecule has 1 atom stereocenters. The molecule has 2 heterocycles. The van der Waals surface area contributed by atoms with E-state index in [0.29, 0.717) is 12.3 Å². The Morgan fingerprint density at radius 3 is 2.64 bits per heavy atom. The number of nitrogens with one attached hydrogen (secondary N) is 2. The largest absolute Gasteiger partial charge is 0.493 e. The van der Waals surface area contributed by atoms with Crippen LogP contribution in [0.15, 0.2) is 29.6 Å². The lowest BCUT2D eigenvalue weighted by Crippen LogP contribution is -2.41. The number of fused-ring (bicyclic) bond motifs is 1. The van der Waals surface area contributed by atoms with E-state index in [-0.39, 0.29) is 18.4 Å². The van der Waals surface area contributed by atoms with Gasteiger partial charge in [0.25, 0.3) is 0 Å². The molecule has 1 aliphatic heterocycles. The Bertz CT molecular complexity index is 838. The summed E-state index contributed by atoms with van der Waals surface area (Å²) in [5.41, 5.74) is 2.39. The third-order valence-electron chi connectivity index (χ3n) is 4.89. The van der Waals surface area contributed by atoms with E-state index in [2.05, 4.69) is 27.0 Å². The quantitative estimate of drug-likeness (QED) is 0.775. The minimum atomic E-state index is -0.486. The molecule has 0 saturated carbocycles. The van der Waals surface area contributed by atoms with Gasteiger partial charge in [-0.3, -0.25) is 15.0 Å². The third kappa shape index (κ3) is 4.28. The lowest BCUT2D eigenvalue weighted by atomic mass is 9.90.